The number of amides is 1. The second-order valence-electron chi connectivity index (χ2n) is 9.48. The molecule has 0 bridgehead atoms. The number of ether oxygens (including phenoxy) is 1. The van der Waals surface area contributed by atoms with Gasteiger partial charge in [0, 0.05) is 23.5 Å². The Hall–Kier alpha value is -3.97. The molecule has 39 heavy (non-hydrogen) atoms. The molecule has 5 rings (SSSR count). The van der Waals surface area contributed by atoms with Crippen LogP contribution in [0.2, 0.25) is 0 Å². The van der Waals surface area contributed by atoms with Crippen molar-refractivity contribution in [2.75, 3.05) is 12.4 Å². The number of nitrogens with one attached hydrogen (secondary N) is 2. The van der Waals surface area contributed by atoms with Crippen LogP contribution in [-0.4, -0.2) is 47.4 Å². The highest BCUT2D eigenvalue weighted by atomic mass is 32.2. The lowest BCUT2D eigenvalue weighted by atomic mass is 9.97. The van der Waals surface area contributed by atoms with E-state index in [9.17, 15) is 17.7 Å². The van der Waals surface area contributed by atoms with Crippen molar-refractivity contribution in [3.8, 4) is 5.88 Å². The maximum absolute atomic E-state index is 14.9. The zero-order valence-electron chi connectivity index (χ0n) is 21.7. The van der Waals surface area contributed by atoms with Crippen molar-refractivity contribution in [1.29, 1.82) is 0 Å². The van der Waals surface area contributed by atoms with E-state index in [-0.39, 0.29) is 35.1 Å². The lowest BCUT2D eigenvalue weighted by molar-refractivity contribution is 0.0153. The number of methoxy groups -OCH3 is 1. The lowest BCUT2D eigenvalue weighted by Gasteiger charge is -2.27. The summed E-state index contributed by atoms with van der Waals surface area (Å²) in [7, 11) is -2.45. The average molecular weight is 557 g/mol. The van der Waals surface area contributed by atoms with Gasteiger partial charge in [-0.15, -0.1) is 0 Å². The Morgan fingerprint density at radius 3 is 2.77 bits per heavy atom. The number of hydrogen-bond acceptors (Lipinski definition) is 9. The first-order valence-corrected chi connectivity index (χ1v) is 13.9. The van der Waals surface area contributed by atoms with Gasteiger partial charge in [-0.3, -0.25) is 8.98 Å². The van der Waals surface area contributed by atoms with Crippen molar-refractivity contribution < 1.29 is 26.6 Å². The van der Waals surface area contributed by atoms with Gasteiger partial charge in [-0.05, 0) is 56.9 Å². The first-order chi connectivity index (χ1) is 18.7. The Bertz CT molecular complexity index is 1540. The van der Waals surface area contributed by atoms with Crippen LogP contribution in [0.25, 0.3) is 6.08 Å². The molecule has 1 fully saturated rings. The van der Waals surface area contributed by atoms with Crippen LogP contribution in [0.3, 0.4) is 0 Å². The van der Waals surface area contributed by atoms with Gasteiger partial charge in [0.25, 0.3) is 16.0 Å². The maximum atomic E-state index is 14.9. The molecule has 0 saturated heterocycles. The Morgan fingerprint density at radius 1 is 1.26 bits per heavy atom. The van der Waals surface area contributed by atoms with Crippen LogP contribution < -0.4 is 15.4 Å². The summed E-state index contributed by atoms with van der Waals surface area (Å²) >= 11 is 0. The zero-order valence-corrected chi connectivity index (χ0v) is 22.5. The minimum absolute atomic E-state index is 0.0356. The minimum Gasteiger partial charge on any atom is -0.481 e. The number of aromatic nitrogens is 3. The molecule has 2 N–H and O–H groups in total. The van der Waals surface area contributed by atoms with Crippen molar-refractivity contribution in [1.82, 2.24) is 25.2 Å². The standard InChI is InChI=1S/C26H29FN6O5S/c1-16-9-10-19(39(35,36)38-18-6-4-7-18)12-22(16)31-25(34)21-14-29-33-15-32(27)24(13-23(21)33)30-17(2)20-8-5-11-28-26(20)37-3/h5,8-14,17-18,30H,4,6-7,15H2,1-3H3,(H,31,34)/t17-/m1/s1. The summed E-state index contributed by atoms with van der Waals surface area (Å²) in [6, 6.07) is 7.67. The van der Waals surface area contributed by atoms with Gasteiger partial charge in [-0.25, -0.2) is 9.67 Å². The molecule has 0 spiro atoms. The minimum atomic E-state index is -3.96. The fourth-order valence-electron chi connectivity index (χ4n) is 4.33. The Morgan fingerprint density at radius 2 is 2.05 bits per heavy atom. The van der Waals surface area contributed by atoms with E-state index in [0.29, 0.717) is 40.8 Å². The number of nitrogens with zero attached hydrogens (tertiary/aromatic N) is 4. The molecule has 1 amide bonds. The van der Waals surface area contributed by atoms with Crippen LogP contribution in [-0.2, 0) is 21.0 Å². The maximum Gasteiger partial charge on any atom is 0.297 e. The first kappa shape index (κ1) is 26.6. The first-order valence-electron chi connectivity index (χ1n) is 12.5. The van der Waals surface area contributed by atoms with Crippen LogP contribution in [0.15, 0.2) is 53.4 Å². The molecule has 206 valence electrons. The molecule has 3 aromatic rings. The van der Waals surface area contributed by atoms with E-state index in [0.717, 1.165) is 12.0 Å². The van der Waals surface area contributed by atoms with Crippen molar-refractivity contribution in [2.24, 2.45) is 0 Å². The van der Waals surface area contributed by atoms with E-state index < -0.39 is 16.0 Å². The second kappa shape index (κ2) is 10.7. The zero-order chi connectivity index (χ0) is 27.7. The fraction of sp³-hybridized carbons (Fsp3) is 0.346. The van der Waals surface area contributed by atoms with Crippen molar-refractivity contribution in [2.45, 2.75) is 56.8 Å². The molecular formula is C26H29FN6O5S. The van der Waals surface area contributed by atoms with Gasteiger partial charge in [0.15, 0.2) is 0 Å². The number of carbonyl (C=O) groups is 1. The Balaban J connectivity index is 1.37. The highest BCUT2D eigenvalue weighted by molar-refractivity contribution is 7.86. The molecule has 1 saturated carbocycles. The molecule has 1 aliphatic carbocycles. The van der Waals surface area contributed by atoms with Gasteiger partial charge >= 0.3 is 0 Å². The molecule has 3 heterocycles. The third-order valence-electron chi connectivity index (χ3n) is 6.80. The van der Waals surface area contributed by atoms with E-state index in [4.69, 9.17) is 8.92 Å². The van der Waals surface area contributed by atoms with Gasteiger partial charge < -0.3 is 15.4 Å². The van der Waals surface area contributed by atoms with Crippen LogP contribution in [0, 0.1) is 6.92 Å². The predicted molar refractivity (Wildman–Crippen MR) is 141 cm³/mol. The van der Waals surface area contributed by atoms with Crippen molar-refractivity contribution in [3.63, 3.8) is 0 Å². The van der Waals surface area contributed by atoms with E-state index in [1.54, 1.807) is 25.3 Å². The van der Waals surface area contributed by atoms with Crippen LogP contribution in [0.1, 0.15) is 59.4 Å². The van der Waals surface area contributed by atoms with E-state index >= 15 is 0 Å². The molecule has 0 unspecified atom stereocenters. The number of rotatable bonds is 9. The molecule has 11 nitrogen and oxygen atoms in total. The monoisotopic (exact) mass is 556 g/mol. The van der Waals surface area contributed by atoms with Crippen LogP contribution in [0.5, 0.6) is 5.88 Å². The summed E-state index contributed by atoms with van der Waals surface area (Å²) in [5.41, 5.74) is 2.31. The SMILES string of the molecule is COc1ncccc1[C@@H](C)NC1=Cc2c(C(=O)Nc3cc(S(=O)(=O)OC4CCC4)ccc3C)cnn2CN1F. The largest absolute Gasteiger partial charge is 0.481 e. The summed E-state index contributed by atoms with van der Waals surface area (Å²) in [4.78, 5) is 17.4. The number of aryl methyl sites for hydroxylation is 1. The molecule has 0 radical (unpaired) electrons. The highest BCUT2D eigenvalue weighted by Crippen LogP contribution is 2.30. The molecule has 2 aromatic heterocycles. The summed E-state index contributed by atoms with van der Waals surface area (Å²) in [6.07, 6.45) is 6.49. The number of hydrogen-bond donors (Lipinski definition) is 2. The Kier molecular flexibility index (Phi) is 7.28. The fourth-order valence-corrected chi connectivity index (χ4v) is 5.48. The third-order valence-corrected chi connectivity index (χ3v) is 8.16. The number of halogens is 1. The normalized spacial score (nSPS) is 16.1. The quantitative estimate of drug-likeness (QED) is 0.298. The van der Waals surface area contributed by atoms with Gasteiger partial charge in [-0.2, -0.15) is 18.6 Å². The summed E-state index contributed by atoms with van der Waals surface area (Å²) in [5.74, 6) is 0.0358. The number of pyridine rings is 1. The average Bonchev–Trinajstić information content (AvgIpc) is 3.30. The summed E-state index contributed by atoms with van der Waals surface area (Å²) < 4.78 is 52.2. The van der Waals surface area contributed by atoms with Crippen LogP contribution in [0.4, 0.5) is 10.2 Å². The third kappa shape index (κ3) is 5.45. The summed E-state index contributed by atoms with van der Waals surface area (Å²) in [5, 5.41) is 10.5. The van der Waals surface area contributed by atoms with E-state index in [1.165, 1.54) is 36.2 Å². The van der Waals surface area contributed by atoms with Gasteiger partial charge in [0.1, 0.15) is 12.5 Å². The molecule has 1 atom stereocenters. The topological polar surface area (TPSA) is 128 Å². The van der Waals surface area contributed by atoms with Gasteiger partial charge in [0.05, 0.1) is 41.6 Å². The molecule has 1 aromatic carbocycles. The second-order valence-corrected chi connectivity index (χ2v) is 11.1. The van der Waals surface area contributed by atoms with Crippen molar-refractivity contribution >= 4 is 27.8 Å². The van der Waals surface area contributed by atoms with Crippen molar-refractivity contribution in [3.05, 3.63) is 70.9 Å². The smallest absolute Gasteiger partial charge is 0.297 e. The van der Waals surface area contributed by atoms with E-state index in [2.05, 4.69) is 20.7 Å². The molecule has 13 heteroatoms. The van der Waals surface area contributed by atoms with Gasteiger partial charge in [-0.1, -0.05) is 16.6 Å². The van der Waals surface area contributed by atoms with E-state index in [1.807, 2.05) is 13.0 Å². The Labute approximate surface area is 225 Å². The van der Waals surface area contributed by atoms with Crippen LogP contribution >= 0.6 is 0 Å². The predicted octanol–water partition coefficient (Wildman–Crippen LogP) is 3.91. The summed E-state index contributed by atoms with van der Waals surface area (Å²) in [6.45, 7) is 3.36. The molecular weight excluding hydrogens is 527 g/mol. The lowest BCUT2D eigenvalue weighted by Crippen LogP contribution is -2.33. The highest BCUT2D eigenvalue weighted by Gasteiger charge is 2.28. The number of benzene rings is 1. The number of carbonyl (C=O) groups excluding carboxylic acids is 1. The molecule has 2 aliphatic rings. The number of anilines is 1. The van der Waals surface area contributed by atoms with Gasteiger partial charge in [0.2, 0.25) is 5.88 Å². The molecule has 1 aliphatic heterocycles. The number of fused-ring (bicyclic) bond motifs is 1.